The maximum atomic E-state index is 12.9. The van der Waals surface area contributed by atoms with Gasteiger partial charge in [-0.1, -0.05) is 35.5 Å². The Hall–Kier alpha value is -3.06. The van der Waals surface area contributed by atoms with Gasteiger partial charge in [-0.05, 0) is 51.0 Å². The van der Waals surface area contributed by atoms with Crippen molar-refractivity contribution in [2.24, 2.45) is 0 Å². The molecule has 0 radical (unpaired) electrons. The first-order valence-corrected chi connectivity index (χ1v) is 11.2. The summed E-state index contributed by atoms with van der Waals surface area (Å²) in [6, 6.07) is 15.1. The Kier molecular flexibility index (Phi) is 6.13. The first-order valence-electron chi connectivity index (χ1n) is 10.2. The number of esters is 1. The highest BCUT2D eigenvalue weighted by molar-refractivity contribution is 7.98. The lowest BCUT2D eigenvalue weighted by Gasteiger charge is -2.22. The van der Waals surface area contributed by atoms with E-state index in [0.29, 0.717) is 17.9 Å². The molecule has 0 aliphatic carbocycles. The van der Waals surface area contributed by atoms with Crippen molar-refractivity contribution in [3.63, 3.8) is 0 Å². The van der Waals surface area contributed by atoms with Crippen LogP contribution >= 0.6 is 11.8 Å². The monoisotopic (exact) mass is 436 g/mol. The molecule has 6 nitrogen and oxygen atoms in total. The number of carbonyl (C=O) groups excluding carboxylic acids is 2. The fourth-order valence-corrected chi connectivity index (χ4v) is 4.87. The van der Waals surface area contributed by atoms with Gasteiger partial charge < -0.3 is 14.2 Å². The number of fused-ring (bicyclic) bond motifs is 1. The molecule has 0 saturated heterocycles. The number of hydrogen-bond donors (Lipinski definition) is 0. The van der Waals surface area contributed by atoms with E-state index in [9.17, 15) is 9.59 Å². The van der Waals surface area contributed by atoms with E-state index in [-0.39, 0.29) is 5.91 Å². The molecule has 7 heteroatoms. The number of para-hydroxylation sites is 1. The zero-order valence-corrected chi connectivity index (χ0v) is 18.6. The predicted molar refractivity (Wildman–Crippen MR) is 119 cm³/mol. The average Bonchev–Trinajstić information content (AvgIpc) is 3.35. The second-order valence-electron chi connectivity index (χ2n) is 7.50. The second kappa shape index (κ2) is 8.98. The van der Waals surface area contributed by atoms with Gasteiger partial charge in [-0.3, -0.25) is 4.79 Å². The molecule has 1 amide bonds. The summed E-state index contributed by atoms with van der Waals surface area (Å²) in [6.07, 6.45) is -0.0664. The molecule has 0 fully saturated rings. The molecular formula is C24H24N2O4S. The second-order valence-corrected chi connectivity index (χ2v) is 8.52. The van der Waals surface area contributed by atoms with Gasteiger partial charge in [-0.25, -0.2) is 4.79 Å². The molecule has 1 atom stereocenters. The van der Waals surface area contributed by atoms with Crippen molar-refractivity contribution in [1.82, 2.24) is 5.16 Å². The van der Waals surface area contributed by atoms with Gasteiger partial charge in [0.25, 0.3) is 5.91 Å². The topological polar surface area (TPSA) is 72.6 Å². The normalized spacial score (nSPS) is 13.7. The summed E-state index contributed by atoms with van der Waals surface area (Å²) in [5.41, 5.74) is 4.33. The Morgan fingerprint density at radius 1 is 1.16 bits per heavy atom. The molecule has 3 aromatic rings. The largest absolute Gasteiger partial charge is 0.449 e. The molecule has 0 bridgehead atoms. The Labute approximate surface area is 185 Å². The smallest absolute Gasteiger partial charge is 0.340 e. The minimum atomic E-state index is -0.876. The van der Waals surface area contributed by atoms with Crippen LogP contribution in [0.1, 0.15) is 39.9 Å². The van der Waals surface area contributed by atoms with E-state index < -0.39 is 12.1 Å². The summed E-state index contributed by atoms with van der Waals surface area (Å²) in [6.45, 7) is 6.00. The van der Waals surface area contributed by atoms with Gasteiger partial charge >= 0.3 is 5.97 Å². The fourth-order valence-electron chi connectivity index (χ4n) is 3.68. The van der Waals surface area contributed by atoms with Crippen LogP contribution in [0.4, 0.5) is 5.69 Å². The fraction of sp³-hybridized carbons (Fsp3) is 0.292. The molecule has 4 rings (SSSR count). The lowest BCUT2D eigenvalue weighted by molar-refractivity contribution is -0.126. The van der Waals surface area contributed by atoms with Crippen LogP contribution in [0.25, 0.3) is 0 Å². The van der Waals surface area contributed by atoms with Crippen LogP contribution < -0.4 is 4.90 Å². The molecule has 0 saturated carbocycles. The van der Waals surface area contributed by atoms with E-state index in [2.05, 4.69) is 5.16 Å². The van der Waals surface area contributed by atoms with Crippen molar-refractivity contribution >= 4 is 29.3 Å². The minimum absolute atomic E-state index is 0.209. The van der Waals surface area contributed by atoms with Gasteiger partial charge in [0.1, 0.15) is 5.76 Å². The third-order valence-corrected chi connectivity index (χ3v) is 6.54. The molecule has 31 heavy (non-hydrogen) atoms. The molecule has 0 unspecified atom stereocenters. The number of aryl methyl sites for hydroxylation is 2. The zero-order chi connectivity index (χ0) is 22.0. The highest BCUT2D eigenvalue weighted by Crippen LogP contribution is 2.30. The van der Waals surface area contributed by atoms with Gasteiger partial charge in [-0.2, -0.15) is 0 Å². The van der Waals surface area contributed by atoms with E-state index >= 15 is 0 Å². The van der Waals surface area contributed by atoms with Crippen LogP contribution in [-0.2, 0) is 21.7 Å². The molecule has 0 N–H and O–H groups in total. The Balaban J connectivity index is 1.45. The van der Waals surface area contributed by atoms with Crippen molar-refractivity contribution in [1.29, 1.82) is 0 Å². The molecule has 2 aromatic carbocycles. The van der Waals surface area contributed by atoms with E-state index in [0.717, 1.165) is 39.6 Å². The zero-order valence-electron chi connectivity index (χ0n) is 17.8. The SMILES string of the molecule is Cc1noc(C)c1CSc1ccccc1C(=O)O[C@H](C)C(=O)N1CCc2ccccc21. The molecule has 1 aromatic heterocycles. The lowest BCUT2D eigenvalue weighted by atomic mass is 10.2. The Morgan fingerprint density at radius 2 is 1.90 bits per heavy atom. The maximum Gasteiger partial charge on any atom is 0.340 e. The van der Waals surface area contributed by atoms with Crippen LogP contribution in [0.2, 0.25) is 0 Å². The summed E-state index contributed by atoms with van der Waals surface area (Å²) >= 11 is 1.52. The predicted octanol–water partition coefficient (Wildman–Crippen LogP) is 4.72. The summed E-state index contributed by atoms with van der Waals surface area (Å²) in [7, 11) is 0. The Bertz CT molecular complexity index is 1100. The Morgan fingerprint density at radius 3 is 2.68 bits per heavy atom. The average molecular weight is 437 g/mol. The van der Waals surface area contributed by atoms with Gasteiger partial charge in [0.05, 0.1) is 11.3 Å². The van der Waals surface area contributed by atoms with Crippen LogP contribution in [0.3, 0.4) is 0 Å². The van der Waals surface area contributed by atoms with Crippen LogP contribution in [0.15, 0.2) is 57.9 Å². The lowest BCUT2D eigenvalue weighted by Crippen LogP contribution is -2.39. The maximum absolute atomic E-state index is 12.9. The van der Waals surface area contributed by atoms with E-state index in [1.807, 2.05) is 50.2 Å². The number of anilines is 1. The number of thioether (sulfide) groups is 1. The van der Waals surface area contributed by atoms with Crippen LogP contribution in [0.5, 0.6) is 0 Å². The number of hydrogen-bond acceptors (Lipinski definition) is 6. The number of nitrogens with zero attached hydrogens (tertiary/aromatic N) is 2. The minimum Gasteiger partial charge on any atom is -0.449 e. The molecule has 160 valence electrons. The van der Waals surface area contributed by atoms with Crippen LogP contribution in [-0.4, -0.2) is 29.7 Å². The number of rotatable bonds is 6. The van der Waals surface area contributed by atoms with Crippen LogP contribution in [0, 0.1) is 13.8 Å². The first-order chi connectivity index (χ1) is 15.0. The number of ether oxygens (including phenoxy) is 1. The van der Waals surface area contributed by atoms with Crippen molar-refractivity contribution in [2.45, 2.75) is 43.9 Å². The van der Waals surface area contributed by atoms with Gasteiger partial charge in [0, 0.05) is 28.4 Å². The number of carbonyl (C=O) groups is 2. The number of amides is 1. The first kappa shape index (κ1) is 21.2. The quantitative estimate of drug-likeness (QED) is 0.411. The number of aromatic nitrogens is 1. The third kappa shape index (κ3) is 4.37. The molecule has 1 aliphatic rings. The number of benzene rings is 2. The van der Waals surface area contributed by atoms with Crippen molar-refractivity contribution in [3.8, 4) is 0 Å². The molecular weight excluding hydrogens is 412 g/mol. The van der Waals surface area contributed by atoms with Gasteiger partial charge in [-0.15, -0.1) is 11.8 Å². The highest BCUT2D eigenvalue weighted by atomic mass is 32.2. The van der Waals surface area contributed by atoms with E-state index in [4.69, 9.17) is 9.26 Å². The molecule has 2 heterocycles. The summed E-state index contributed by atoms with van der Waals surface area (Å²) < 4.78 is 10.8. The summed E-state index contributed by atoms with van der Waals surface area (Å²) in [5, 5.41) is 3.98. The van der Waals surface area contributed by atoms with Crippen molar-refractivity contribution in [2.75, 3.05) is 11.4 Å². The summed E-state index contributed by atoms with van der Waals surface area (Å²) in [4.78, 5) is 28.3. The van der Waals surface area contributed by atoms with Gasteiger partial charge in [0.2, 0.25) is 0 Å². The third-order valence-electron chi connectivity index (χ3n) is 5.44. The van der Waals surface area contributed by atoms with E-state index in [1.165, 1.54) is 11.8 Å². The summed E-state index contributed by atoms with van der Waals surface area (Å²) in [5.74, 6) is 0.689. The standard InChI is InChI=1S/C24H24N2O4S/c1-15-20(16(2)30-25-15)14-31-22-11-7-5-9-19(22)24(28)29-17(3)23(27)26-13-12-18-8-4-6-10-21(18)26/h4-11,17H,12-14H2,1-3H3/t17-/m1/s1. The molecule has 0 spiro atoms. The highest BCUT2D eigenvalue weighted by Gasteiger charge is 2.30. The van der Waals surface area contributed by atoms with Crippen molar-refractivity contribution in [3.05, 3.63) is 76.7 Å². The molecule has 1 aliphatic heterocycles. The van der Waals surface area contributed by atoms with Crippen molar-refractivity contribution < 1.29 is 18.8 Å². The van der Waals surface area contributed by atoms with Gasteiger partial charge in [0.15, 0.2) is 6.10 Å². The van der Waals surface area contributed by atoms with E-state index in [1.54, 1.807) is 24.0 Å².